The molecule has 0 aliphatic rings. The Morgan fingerprint density at radius 3 is 2.40 bits per heavy atom. The predicted molar refractivity (Wildman–Crippen MR) is 72.9 cm³/mol. The van der Waals surface area contributed by atoms with E-state index in [4.69, 9.17) is 11.6 Å². The third-order valence-corrected chi connectivity index (χ3v) is 2.73. The molecule has 0 radical (unpaired) electrons. The van der Waals surface area contributed by atoms with Gasteiger partial charge in [0.15, 0.2) is 0 Å². The first kappa shape index (κ1) is 16.8. The number of hydrogen-bond acceptors (Lipinski definition) is 2. The van der Waals surface area contributed by atoms with Gasteiger partial charge in [-0.25, -0.2) is 0 Å². The molecular weight excluding hydrogens is 293 g/mol. The average Bonchev–Trinajstić information content (AvgIpc) is 2.35. The highest BCUT2D eigenvalue weighted by molar-refractivity contribution is 6.30. The number of unbranched alkanes of at least 4 members (excludes halogenated alkanes) is 1. The van der Waals surface area contributed by atoms with Crippen molar-refractivity contribution in [2.45, 2.75) is 25.4 Å². The summed E-state index contributed by atoms with van der Waals surface area (Å²) in [6.45, 7) is 0.443. The lowest BCUT2D eigenvalue weighted by Gasteiger charge is -2.08. The molecule has 0 saturated carbocycles. The Hall–Kier alpha value is -1.27. The number of nitrogens with one attached hydrogen (secondary N) is 2. The van der Waals surface area contributed by atoms with Gasteiger partial charge in [-0.2, -0.15) is 13.2 Å². The summed E-state index contributed by atoms with van der Waals surface area (Å²) in [5, 5.41) is 6.02. The second-order valence-electron chi connectivity index (χ2n) is 4.30. The summed E-state index contributed by atoms with van der Waals surface area (Å²) in [4.78, 5) is 11.5. The molecule has 1 aromatic carbocycles. The van der Waals surface area contributed by atoms with Gasteiger partial charge in [0.2, 0.25) is 5.91 Å². The number of anilines is 1. The maximum atomic E-state index is 11.9. The van der Waals surface area contributed by atoms with Crippen LogP contribution in [0, 0.1) is 0 Å². The first-order valence-corrected chi connectivity index (χ1v) is 6.57. The van der Waals surface area contributed by atoms with E-state index in [1.54, 1.807) is 24.3 Å². The molecule has 0 fully saturated rings. The quantitative estimate of drug-likeness (QED) is 0.756. The van der Waals surface area contributed by atoms with Crippen molar-refractivity contribution in [1.82, 2.24) is 5.32 Å². The molecule has 2 N–H and O–H groups in total. The number of carbonyl (C=O) groups excluding carboxylic acids is 1. The van der Waals surface area contributed by atoms with Crippen LogP contribution < -0.4 is 10.6 Å². The minimum absolute atomic E-state index is 0.0641. The van der Waals surface area contributed by atoms with Crippen LogP contribution in [0.1, 0.15) is 19.3 Å². The Labute approximate surface area is 120 Å². The first-order chi connectivity index (χ1) is 9.37. The number of alkyl halides is 3. The molecule has 20 heavy (non-hydrogen) atoms. The fourth-order valence-electron chi connectivity index (χ4n) is 1.52. The van der Waals surface area contributed by atoms with Crippen LogP contribution >= 0.6 is 11.6 Å². The first-order valence-electron chi connectivity index (χ1n) is 6.20. The van der Waals surface area contributed by atoms with Crippen molar-refractivity contribution in [1.29, 1.82) is 0 Å². The summed E-state index contributed by atoms with van der Waals surface area (Å²) in [6.07, 6.45) is -4.44. The van der Waals surface area contributed by atoms with Gasteiger partial charge in [-0.05, 0) is 43.7 Å². The minimum atomic E-state index is -4.11. The highest BCUT2D eigenvalue weighted by Gasteiger charge is 2.25. The summed E-state index contributed by atoms with van der Waals surface area (Å²) >= 11 is 5.71. The van der Waals surface area contributed by atoms with E-state index in [1.807, 2.05) is 0 Å². The Balaban J connectivity index is 2.10. The molecule has 0 bridgehead atoms. The van der Waals surface area contributed by atoms with E-state index in [-0.39, 0.29) is 18.9 Å². The molecule has 112 valence electrons. The van der Waals surface area contributed by atoms with E-state index in [2.05, 4.69) is 10.6 Å². The number of amides is 1. The maximum absolute atomic E-state index is 11.9. The van der Waals surface area contributed by atoms with E-state index >= 15 is 0 Å². The molecule has 1 aromatic rings. The molecular formula is C13H16ClF3N2O. The van der Waals surface area contributed by atoms with Crippen molar-refractivity contribution < 1.29 is 18.0 Å². The van der Waals surface area contributed by atoms with E-state index in [0.717, 1.165) is 0 Å². The van der Waals surface area contributed by atoms with Gasteiger partial charge in [0.25, 0.3) is 0 Å². The number of halogens is 4. The molecule has 3 nitrogen and oxygen atoms in total. The monoisotopic (exact) mass is 308 g/mol. The van der Waals surface area contributed by atoms with Gasteiger partial charge in [0, 0.05) is 17.1 Å². The Morgan fingerprint density at radius 1 is 1.15 bits per heavy atom. The molecule has 0 aliphatic carbocycles. The number of hydrogen-bond donors (Lipinski definition) is 2. The van der Waals surface area contributed by atoms with Crippen molar-refractivity contribution >= 4 is 23.2 Å². The van der Waals surface area contributed by atoms with Crippen molar-refractivity contribution in [3.8, 4) is 0 Å². The maximum Gasteiger partial charge on any atom is 0.389 e. The summed E-state index contributed by atoms with van der Waals surface area (Å²) in [5.74, 6) is -0.247. The van der Waals surface area contributed by atoms with Gasteiger partial charge in [0.05, 0.1) is 6.54 Å². The van der Waals surface area contributed by atoms with E-state index in [1.165, 1.54) is 0 Å². The summed E-state index contributed by atoms with van der Waals surface area (Å²) < 4.78 is 35.6. The fraction of sp³-hybridized carbons (Fsp3) is 0.462. The zero-order chi connectivity index (χ0) is 15.0. The van der Waals surface area contributed by atoms with Crippen molar-refractivity contribution in [2.24, 2.45) is 0 Å². The van der Waals surface area contributed by atoms with Gasteiger partial charge in [0.1, 0.15) is 0 Å². The molecule has 7 heteroatoms. The van der Waals surface area contributed by atoms with Crippen LogP contribution in [0.4, 0.5) is 18.9 Å². The van der Waals surface area contributed by atoms with Crippen LogP contribution in [-0.2, 0) is 4.79 Å². The van der Waals surface area contributed by atoms with Crippen LogP contribution in [0.2, 0.25) is 5.02 Å². The predicted octanol–water partition coefficient (Wildman–Crippen LogP) is 3.60. The standard InChI is InChI=1S/C13H16ClF3N2O/c14-10-3-5-11(6-4-10)19-12(20)9-18-8-2-1-7-13(15,16)17/h3-6,18H,1-2,7-9H2,(H,19,20). The van der Waals surface area contributed by atoms with E-state index < -0.39 is 12.6 Å². The molecule has 0 aliphatic heterocycles. The Kier molecular flexibility index (Phi) is 6.81. The Bertz CT molecular complexity index is 421. The summed E-state index contributed by atoms with van der Waals surface area (Å²) in [6, 6.07) is 6.65. The van der Waals surface area contributed by atoms with Crippen LogP contribution in [0.3, 0.4) is 0 Å². The van der Waals surface area contributed by atoms with E-state index in [9.17, 15) is 18.0 Å². The molecule has 1 amide bonds. The third kappa shape index (κ3) is 8.01. The largest absolute Gasteiger partial charge is 0.389 e. The minimum Gasteiger partial charge on any atom is -0.325 e. The molecule has 0 aromatic heterocycles. The Morgan fingerprint density at radius 2 is 1.80 bits per heavy atom. The lowest BCUT2D eigenvalue weighted by molar-refractivity contribution is -0.135. The topological polar surface area (TPSA) is 41.1 Å². The summed E-state index contributed by atoms with van der Waals surface area (Å²) in [5.41, 5.74) is 0.623. The number of rotatable bonds is 7. The molecule has 0 heterocycles. The van der Waals surface area contributed by atoms with Gasteiger partial charge in [-0.1, -0.05) is 11.6 Å². The smallest absolute Gasteiger partial charge is 0.325 e. The van der Waals surface area contributed by atoms with Crippen molar-refractivity contribution in [2.75, 3.05) is 18.4 Å². The van der Waals surface area contributed by atoms with Crippen molar-refractivity contribution in [3.63, 3.8) is 0 Å². The number of carbonyl (C=O) groups is 1. The normalized spacial score (nSPS) is 11.4. The number of benzene rings is 1. The van der Waals surface area contributed by atoms with Crippen LogP contribution in [0.15, 0.2) is 24.3 Å². The molecule has 0 unspecified atom stereocenters. The lowest BCUT2D eigenvalue weighted by atomic mass is 10.2. The van der Waals surface area contributed by atoms with Gasteiger partial charge in [-0.15, -0.1) is 0 Å². The zero-order valence-electron chi connectivity index (χ0n) is 10.8. The highest BCUT2D eigenvalue weighted by atomic mass is 35.5. The van der Waals surface area contributed by atoms with Crippen LogP contribution in [0.5, 0.6) is 0 Å². The SMILES string of the molecule is O=C(CNCCCCC(F)(F)F)Nc1ccc(Cl)cc1. The van der Waals surface area contributed by atoms with Crippen molar-refractivity contribution in [3.05, 3.63) is 29.3 Å². The van der Waals surface area contributed by atoms with Gasteiger partial charge in [-0.3, -0.25) is 4.79 Å². The van der Waals surface area contributed by atoms with Crippen LogP contribution in [-0.4, -0.2) is 25.2 Å². The molecule has 1 rings (SSSR count). The fourth-order valence-corrected chi connectivity index (χ4v) is 1.64. The molecule has 0 spiro atoms. The van der Waals surface area contributed by atoms with Gasteiger partial charge < -0.3 is 10.6 Å². The average molecular weight is 309 g/mol. The third-order valence-electron chi connectivity index (χ3n) is 2.48. The van der Waals surface area contributed by atoms with Crippen LogP contribution in [0.25, 0.3) is 0 Å². The second-order valence-corrected chi connectivity index (χ2v) is 4.74. The molecule has 0 saturated heterocycles. The second kappa shape index (κ2) is 8.11. The zero-order valence-corrected chi connectivity index (χ0v) is 11.5. The molecule has 0 atom stereocenters. The van der Waals surface area contributed by atoms with Gasteiger partial charge >= 0.3 is 6.18 Å². The lowest BCUT2D eigenvalue weighted by Crippen LogP contribution is -2.28. The summed E-state index contributed by atoms with van der Waals surface area (Å²) in [7, 11) is 0. The van der Waals surface area contributed by atoms with E-state index in [0.29, 0.717) is 23.7 Å². The highest BCUT2D eigenvalue weighted by Crippen LogP contribution is 2.21.